The SMILES string of the molecule is CCC1CCCCC1NC(=O)C1(COC)CCNCC1. The van der Waals surface area contributed by atoms with E-state index in [4.69, 9.17) is 4.74 Å². The molecule has 1 saturated heterocycles. The van der Waals surface area contributed by atoms with Crippen LogP contribution in [0.3, 0.4) is 0 Å². The number of hydrogen-bond acceptors (Lipinski definition) is 3. The molecule has 0 aromatic carbocycles. The highest BCUT2D eigenvalue weighted by molar-refractivity contribution is 5.83. The molecule has 116 valence electrons. The fourth-order valence-corrected chi connectivity index (χ4v) is 3.83. The Hall–Kier alpha value is -0.610. The molecule has 4 heteroatoms. The third kappa shape index (κ3) is 3.53. The first-order valence-corrected chi connectivity index (χ1v) is 8.22. The molecule has 0 radical (unpaired) electrons. The summed E-state index contributed by atoms with van der Waals surface area (Å²) in [6, 6.07) is 0.380. The lowest BCUT2D eigenvalue weighted by Crippen LogP contribution is -2.54. The van der Waals surface area contributed by atoms with Crippen molar-refractivity contribution in [2.45, 2.75) is 57.9 Å². The average Bonchev–Trinajstić information content (AvgIpc) is 2.49. The average molecular weight is 282 g/mol. The second-order valence-electron chi connectivity index (χ2n) is 6.50. The number of piperidine rings is 1. The van der Waals surface area contributed by atoms with Crippen molar-refractivity contribution in [2.24, 2.45) is 11.3 Å². The largest absolute Gasteiger partial charge is 0.384 e. The molecular weight excluding hydrogens is 252 g/mol. The van der Waals surface area contributed by atoms with Crippen molar-refractivity contribution in [1.82, 2.24) is 10.6 Å². The van der Waals surface area contributed by atoms with Gasteiger partial charge in [0.2, 0.25) is 5.91 Å². The van der Waals surface area contributed by atoms with Crippen molar-refractivity contribution in [2.75, 3.05) is 26.8 Å². The van der Waals surface area contributed by atoms with E-state index in [0.717, 1.165) is 32.4 Å². The predicted octanol–water partition coefficient (Wildman–Crippen LogP) is 2.09. The summed E-state index contributed by atoms with van der Waals surface area (Å²) >= 11 is 0. The van der Waals surface area contributed by atoms with Gasteiger partial charge in [-0.3, -0.25) is 4.79 Å². The van der Waals surface area contributed by atoms with Gasteiger partial charge in [-0.05, 0) is 44.7 Å². The quantitative estimate of drug-likeness (QED) is 0.812. The van der Waals surface area contributed by atoms with Gasteiger partial charge in [-0.2, -0.15) is 0 Å². The van der Waals surface area contributed by atoms with Crippen LogP contribution in [0.25, 0.3) is 0 Å². The van der Waals surface area contributed by atoms with Gasteiger partial charge in [-0.15, -0.1) is 0 Å². The molecule has 2 atom stereocenters. The van der Waals surface area contributed by atoms with Gasteiger partial charge < -0.3 is 15.4 Å². The third-order valence-corrected chi connectivity index (χ3v) is 5.21. The number of ether oxygens (including phenoxy) is 1. The zero-order valence-electron chi connectivity index (χ0n) is 13.0. The number of methoxy groups -OCH3 is 1. The van der Waals surface area contributed by atoms with E-state index in [1.54, 1.807) is 7.11 Å². The number of amides is 1. The van der Waals surface area contributed by atoms with Crippen molar-refractivity contribution < 1.29 is 9.53 Å². The van der Waals surface area contributed by atoms with E-state index in [2.05, 4.69) is 17.6 Å². The number of hydrogen-bond donors (Lipinski definition) is 2. The zero-order valence-corrected chi connectivity index (χ0v) is 13.0. The number of rotatable bonds is 5. The molecule has 1 saturated carbocycles. The lowest BCUT2D eigenvalue weighted by atomic mass is 9.77. The van der Waals surface area contributed by atoms with Gasteiger partial charge in [0.1, 0.15) is 0 Å². The van der Waals surface area contributed by atoms with Crippen LogP contribution >= 0.6 is 0 Å². The summed E-state index contributed by atoms with van der Waals surface area (Å²) in [6.45, 7) is 4.62. The van der Waals surface area contributed by atoms with Gasteiger partial charge in [0.15, 0.2) is 0 Å². The maximum absolute atomic E-state index is 12.8. The lowest BCUT2D eigenvalue weighted by molar-refractivity contribution is -0.137. The Morgan fingerprint density at radius 1 is 1.30 bits per heavy atom. The molecule has 0 aromatic rings. The van der Waals surface area contributed by atoms with E-state index in [0.29, 0.717) is 18.6 Å². The van der Waals surface area contributed by atoms with E-state index in [-0.39, 0.29) is 11.3 Å². The molecule has 1 aliphatic carbocycles. The summed E-state index contributed by atoms with van der Waals surface area (Å²) < 4.78 is 5.36. The van der Waals surface area contributed by atoms with Crippen molar-refractivity contribution in [3.63, 3.8) is 0 Å². The number of carbonyl (C=O) groups is 1. The summed E-state index contributed by atoms with van der Waals surface area (Å²) in [5, 5.41) is 6.71. The second kappa shape index (κ2) is 7.41. The summed E-state index contributed by atoms with van der Waals surface area (Å²) in [4.78, 5) is 12.8. The second-order valence-corrected chi connectivity index (χ2v) is 6.50. The van der Waals surface area contributed by atoms with Crippen LogP contribution in [0, 0.1) is 11.3 Å². The Kier molecular flexibility index (Phi) is 5.85. The lowest BCUT2D eigenvalue weighted by Gasteiger charge is -2.39. The van der Waals surface area contributed by atoms with E-state index in [1.807, 2.05) is 0 Å². The highest BCUT2D eigenvalue weighted by Crippen LogP contribution is 2.32. The Bertz CT molecular complexity index is 308. The van der Waals surface area contributed by atoms with Gasteiger partial charge in [0.25, 0.3) is 0 Å². The summed E-state index contributed by atoms with van der Waals surface area (Å²) in [5.41, 5.74) is -0.310. The van der Waals surface area contributed by atoms with Gasteiger partial charge >= 0.3 is 0 Å². The third-order valence-electron chi connectivity index (χ3n) is 5.21. The molecule has 2 fully saturated rings. The van der Waals surface area contributed by atoms with E-state index in [9.17, 15) is 4.79 Å². The van der Waals surface area contributed by atoms with E-state index in [1.165, 1.54) is 25.7 Å². The van der Waals surface area contributed by atoms with Crippen LogP contribution in [0.5, 0.6) is 0 Å². The monoisotopic (exact) mass is 282 g/mol. The molecule has 2 unspecified atom stereocenters. The minimum absolute atomic E-state index is 0.228. The molecule has 2 N–H and O–H groups in total. The summed E-state index contributed by atoms with van der Waals surface area (Å²) in [7, 11) is 1.70. The number of carbonyl (C=O) groups excluding carboxylic acids is 1. The fraction of sp³-hybridized carbons (Fsp3) is 0.938. The zero-order chi connectivity index (χ0) is 14.4. The van der Waals surface area contributed by atoms with Crippen LogP contribution in [0.2, 0.25) is 0 Å². The first kappa shape index (κ1) is 15.8. The Balaban J connectivity index is 2.00. The van der Waals surface area contributed by atoms with Crippen LogP contribution in [-0.2, 0) is 9.53 Å². The van der Waals surface area contributed by atoms with Crippen LogP contribution < -0.4 is 10.6 Å². The molecule has 0 aromatic heterocycles. The minimum Gasteiger partial charge on any atom is -0.384 e. The molecule has 2 aliphatic rings. The Morgan fingerprint density at radius 2 is 2.00 bits per heavy atom. The highest BCUT2D eigenvalue weighted by Gasteiger charge is 2.41. The van der Waals surface area contributed by atoms with Gasteiger partial charge in [-0.25, -0.2) is 0 Å². The Morgan fingerprint density at radius 3 is 2.65 bits per heavy atom. The molecule has 1 amide bonds. The van der Waals surface area contributed by atoms with Gasteiger partial charge in [0, 0.05) is 13.2 Å². The van der Waals surface area contributed by atoms with Crippen molar-refractivity contribution in [3.8, 4) is 0 Å². The molecule has 0 bridgehead atoms. The van der Waals surface area contributed by atoms with Crippen LogP contribution in [0.15, 0.2) is 0 Å². The Labute approximate surface area is 123 Å². The maximum Gasteiger partial charge on any atom is 0.228 e. The highest BCUT2D eigenvalue weighted by atomic mass is 16.5. The van der Waals surface area contributed by atoms with Gasteiger partial charge in [-0.1, -0.05) is 26.2 Å². The minimum atomic E-state index is -0.310. The smallest absolute Gasteiger partial charge is 0.228 e. The predicted molar refractivity (Wildman–Crippen MR) is 80.6 cm³/mol. The van der Waals surface area contributed by atoms with E-state index >= 15 is 0 Å². The van der Waals surface area contributed by atoms with Gasteiger partial charge in [0.05, 0.1) is 12.0 Å². The first-order valence-electron chi connectivity index (χ1n) is 8.22. The van der Waals surface area contributed by atoms with Crippen LogP contribution in [0.1, 0.15) is 51.9 Å². The fourth-order valence-electron chi connectivity index (χ4n) is 3.83. The molecule has 0 spiro atoms. The number of nitrogens with one attached hydrogen (secondary N) is 2. The summed E-state index contributed by atoms with van der Waals surface area (Å²) in [5.74, 6) is 0.889. The molecule has 2 rings (SSSR count). The topological polar surface area (TPSA) is 50.4 Å². The molecule has 4 nitrogen and oxygen atoms in total. The molecule has 20 heavy (non-hydrogen) atoms. The molecule has 1 heterocycles. The standard InChI is InChI=1S/C16H30N2O2/c1-3-13-6-4-5-7-14(13)18-15(19)16(12-20-2)8-10-17-11-9-16/h13-14,17H,3-12H2,1-2H3,(H,18,19). The molecule has 1 aliphatic heterocycles. The normalized spacial score (nSPS) is 29.9. The summed E-state index contributed by atoms with van der Waals surface area (Å²) in [6.07, 6.45) is 7.92. The van der Waals surface area contributed by atoms with E-state index < -0.39 is 0 Å². The van der Waals surface area contributed by atoms with Crippen molar-refractivity contribution in [3.05, 3.63) is 0 Å². The molecular formula is C16H30N2O2. The van der Waals surface area contributed by atoms with Crippen molar-refractivity contribution >= 4 is 5.91 Å². The van der Waals surface area contributed by atoms with Crippen LogP contribution in [0.4, 0.5) is 0 Å². The first-order chi connectivity index (χ1) is 9.72. The van der Waals surface area contributed by atoms with Crippen LogP contribution in [-0.4, -0.2) is 38.8 Å². The van der Waals surface area contributed by atoms with Crippen molar-refractivity contribution in [1.29, 1.82) is 0 Å². The maximum atomic E-state index is 12.8.